The standard InChI is InChI=1S/C17H23N3O/c1-2-3-6-15-11-20(12-16(21-15)13-7-8-13)17-14(10-18)5-4-9-19-17/h4-5,9,13,15-16H,2-3,6-8,11-12H2,1H3/t15-,16-/m1/s1. The smallest absolute Gasteiger partial charge is 0.146 e. The minimum absolute atomic E-state index is 0.276. The summed E-state index contributed by atoms with van der Waals surface area (Å²) in [4.78, 5) is 6.72. The fourth-order valence-corrected chi connectivity index (χ4v) is 3.10. The Morgan fingerprint density at radius 3 is 3.00 bits per heavy atom. The number of pyridine rings is 1. The summed E-state index contributed by atoms with van der Waals surface area (Å²) in [5.41, 5.74) is 0.670. The van der Waals surface area contributed by atoms with Crippen molar-refractivity contribution in [2.24, 2.45) is 5.92 Å². The number of unbranched alkanes of at least 4 members (excludes halogenated alkanes) is 1. The lowest BCUT2D eigenvalue weighted by molar-refractivity contribution is -0.0411. The van der Waals surface area contributed by atoms with Crippen molar-refractivity contribution in [2.45, 2.75) is 51.2 Å². The number of nitrogens with zero attached hydrogens (tertiary/aromatic N) is 3. The SMILES string of the molecule is CCCC[C@@H]1CN(c2ncccc2C#N)C[C@H](C2CC2)O1. The summed E-state index contributed by atoms with van der Waals surface area (Å²) in [6, 6.07) is 5.95. The molecule has 1 saturated heterocycles. The monoisotopic (exact) mass is 285 g/mol. The van der Waals surface area contributed by atoms with E-state index in [0.717, 1.165) is 25.3 Å². The van der Waals surface area contributed by atoms with E-state index in [2.05, 4.69) is 22.9 Å². The summed E-state index contributed by atoms with van der Waals surface area (Å²) in [6.45, 7) is 3.94. The molecule has 1 aromatic heterocycles. The van der Waals surface area contributed by atoms with Gasteiger partial charge >= 0.3 is 0 Å². The van der Waals surface area contributed by atoms with E-state index in [4.69, 9.17) is 4.74 Å². The molecule has 1 aliphatic carbocycles. The van der Waals surface area contributed by atoms with E-state index in [1.807, 2.05) is 12.1 Å². The van der Waals surface area contributed by atoms with Crippen molar-refractivity contribution in [1.82, 2.24) is 4.98 Å². The predicted octanol–water partition coefficient (Wildman–Crippen LogP) is 3.13. The summed E-state index contributed by atoms with van der Waals surface area (Å²) < 4.78 is 6.29. The van der Waals surface area contributed by atoms with E-state index in [9.17, 15) is 5.26 Å². The largest absolute Gasteiger partial charge is 0.371 e. The Bertz CT molecular complexity index is 521. The molecule has 2 atom stereocenters. The molecule has 4 heteroatoms. The van der Waals surface area contributed by atoms with Gasteiger partial charge in [0.25, 0.3) is 0 Å². The predicted molar refractivity (Wildman–Crippen MR) is 82.1 cm³/mol. The van der Waals surface area contributed by atoms with Crippen molar-refractivity contribution >= 4 is 5.82 Å². The number of hydrogen-bond acceptors (Lipinski definition) is 4. The van der Waals surface area contributed by atoms with Crippen LogP contribution in [0, 0.1) is 17.2 Å². The van der Waals surface area contributed by atoms with Crippen LogP contribution in [0.3, 0.4) is 0 Å². The number of ether oxygens (including phenoxy) is 1. The molecule has 2 heterocycles. The first-order valence-corrected chi connectivity index (χ1v) is 8.07. The van der Waals surface area contributed by atoms with Gasteiger partial charge in [0.2, 0.25) is 0 Å². The van der Waals surface area contributed by atoms with Crippen molar-refractivity contribution in [3.8, 4) is 6.07 Å². The van der Waals surface area contributed by atoms with E-state index < -0.39 is 0 Å². The molecule has 0 N–H and O–H groups in total. The maximum absolute atomic E-state index is 9.30. The zero-order chi connectivity index (χ0) is 14.7. The highest BCUT2D eigenvalue weighted by atomic mass is 16.5. The zero-order valence-corrected chi connectivity index (χ0v) is 12.7. The molecule has 1 aliphatic heterocycles. The lowest BCUT2D eigenvalue weighted by Gasteiger charge is -2.39. The van der Waals surface area contributed by atoms with Gasteiger partial charge in [0, 0.05) is 19.3 Å². The summed E-state index contributed by atoms with van der Waals surface area (Å²) in [5.74, 6) is 1.54. The summed E-state index contributed by atoms with van der Waals surface area (Å²) >= 11 is 0. The van der Waals surface area contributed by atoms with Crippen molar-refractivity contribution in [2.75, 3.05) is 18.0 Å². The highest BCUT2D eigenvalue weighted by Crippen LogP contribution is 2.38. The average Bonchev–Trinajstić information content (AvgIpc) is 3.37. The first-order valence-electron chi connectivity index (χ1n) is 8.07. The fraction of sp³-hybridized carbons (Fsp3) is 0.647. The highest BCUT2D eigenvalue weighted by molar-refractivity contribution is 5.53. The van der Waals surface area contributed by atoms with Gasteiger partial charge in [-0.25, -0.2) is 4.98 Å². The number of morpholine rings is 1. The summed E-state index contributed by atoms with van der Waals surface area (Å²) in [7, 11) is 0. The van der Waals surface area contributed by atoms with Gasteiger partial charge in [-0.15, -0.1) is 0 Å². The number of nitriles is 1. The first kappa shape index (κ1) is 14.3. The van der Waals surface area contributed by atoms with Crippen molar-refractivity contribution in [3.05, 3.63) is 23.9 Å². The van der Waals surface area contributed by atoms with E-state index in [1.54, 1.807) is 6.20 Å². The van der Waals surface area contributed by atoms with Crippen LogP contribution in [-0.2, 0) is 4.74 Å². The molecule has 112 valence electrons. The minimum Gasteiger partial charge on any atom is -0.371 e. The van der Waals surface area contributed by atoms with Gasteiger partial charge in [-0.3, -0.25) is 0 Å². The minimum atomic E-state index is 0.276. The quantitative estimate of drug-likeness (QED) is 0.834. The van der Waals surface area contributed by atoms with Gasteiger partial charge in [-0.05, 0) is 37.3 Å². The zero-order valence-electron chi connectivity index (χ0n) is 12.7. The lowest BCUT2D eigenvalue weighted by Crippen LogP contribution is -2.49. The molecule has 4 nitrogen and oxygen atoms in total. The van der Waals surface area contributed by atoms with Crippen LogP contribution >= 0.6 is 0 Å². The van der Waals surface area contributed by atoms with Gasteiger partial charge in [0.1, 0.15) is 11.9 Å². The van der Waals surface area contributed by atoms with Crippen LogP contribution in [-0.4, -0.2) is 30.3 Å². The second-order valence-corrected chi connectivity index (χ2v) is 6.17. The molecular weight excluding hydrogens is 262 g/mol. The van der Waals surface area contributed by atoms with Crippen LogP contribution in [0.4, 0.5) is 5.82 Å². The van der Waals surface area contributed by atoms with Crippen LogP contribution < -0.4 is 4.90 Å². The third kappa shape index (κ3) is 3.36. The molecule has 0 radical (unpaired) electrons. The van der Waals surface area contributed by atoms with Gasteiger partial charge in [-0.1, -0.05) is 19.8 Å². The molecule has 21 heavy (non-hydrogen) atoms. The molecule has 2 fully saturated rings. The summed E-state index contributed by atoms with van der Waals surface area (Å²) in [5, 5.41) is 9.30. The van der Waals surface area contributed by atoms with Crippen LogP contribution in [0.2, 0.25) is 0 Å². The van der Waals surface area contributed by atoms with E-state index in [1.165, 1.54) is 25.7 Å². The number of hydrogen-bond donors (Lipinski definition) is 0. The number of aromatic nitrogens is 1. The van der Waals surface area contributed by atoms with Crippen LogP contribution in [0.15, 0.2) is 18.3 Å². The second kappa shape index (κ2) is 6.44. The molecule has 0 bridgehead atoms. The maximum Gasteiger partial charge on any atom is 0.146 e. The molecular formula is C17H23N3O. The van der Waals surface area contributed by atoms with Crippen LogP contribution in [0.5, 0.6) is 0 Å². The van der Waals surface area contributed by atoms with Gasteiger partial charge in [-0.2, -0.15) is 5.26 Å². The molecule has 1 saturated carbocycles. The third-order valence-corrected chi connectivity index (χ3v) is 4.43. The molecule has 0 amide bonds. The molecule has 0 aromatic carbocycles. The lowest BCUT2D eigenvalue weighted by atomic mass is 10.1. The highest BCUT2D eigenvalue weighted by Gasteiger charge is 2.38. The van der Waals surface area contributed by atoms with Crippen LogP contribution in [0.25, 0.3) is 0 Å². The van der Waals surface area contributed by atoms with Crippen molar-refractivity contribution < 1.29 is 4.74 Å². The Labute approximate surface area is 126 Å². The van der Waals surface area contributed by atoms with Crippen molar-refractivity contribution in [3.63, 3.8) is 0 Å². The first-order chi connectivity index (χ1) is 10.3. The molecule has 2 aliphatic rings. The number of rotatable bonds is 5. The maximum atomic E-state index is 9.30. The molecule has 1 aromatic rings. The Balaban J connectivity index is 1.77. The van der Waals surface area contributed by atoms with E-state index in [0.29, 0.717) is 17.6 Å². The number of anilines is 1. The Hall–Kier alpha value is -1.60. The topological polar surface area (TPSA) is 49.2 Å². The van der Waals surface area contributed by atoms with Crippen molar-refractivity contribution in [1.29, 1.82) is 5.26 Å². The van der Waals surface area contributed by atoms with Gasteiger partial charge in [0.15, 0.2) is 0 Å². The third-order valence-electron chi connectivity index (χ3n) is 4.43. The van der Waals surface area contributed by atoms with Crippen LogP contribution in [0.1, 0.15) is 44.6 Å². The Morgan fingerprint density at radius 1 is 1.43 bits per heavy atom. The molecule has 0 unspecified atom stereocenters. The average molecular weight is 285 g/mol. The molecule has 3 rings (SSSR count). The van der Waals surface area contributed by atoms with E-state index >= 15 is 0 Å². The fourth-order valence-electron chi connectivity index (χ4n) is 3.10. The second-order valence-electron chi connectivity index (χ2n) is 6.17. The van der Waals surface area contributed by atoms with E-state index in [-0.39, 0.29) is 6.10 Å². The molecule has 0 spiro atoms. The summed E-state index contributed by atoms with van der Waals surface area (Å²) in [6.07, 6.45) is 8.43. The van der Waals surface area contributed by atoms with Gasteiger partial charge in [0.05, 0.1) is 17.8 Å². The Morgan fingerprint density at radius 2 is 2.29 bits per heavy atom. The Kier molecular flexibility index (Phi) is 4.40. The van der Waals surface area contributed by atoms with Gasteiger partial charge < -0.3 is 9.64 Å². The normalized spacial score (nSPS) is 25.6.